The van der Waals surface area contributed by atoms with E-state index in [1.807, 2.05) is 6.92 Å². The number of nitrogens with two attached hydrogens (primary N) is 1. The second-order valence-electron chi connectivity index (χ2n) is 2.58. The van der Waals surface area contributed by atoms with Crippen molar-refractivity contribution in [3.63, 3.8) is 0 Å². The van der Waals surface area contributed by atoms with Crippen molar-refractivity contribution in [2.24, 2.45) is 0 Å². The van der Waals surface area contributed by atoms with Crippen LogP contribution in [0.2, 0.25) is 0 Å². The topological polar surface area (TPSA) is 99.1 Å². The minimum absolute atomic E-state index is 0.0387. The molecule has 3 N–H and O–H groups in total. The summed E-state index contributed by atoms with van der Waals surface area (Å²) in [5, 5.41) is 9.28. The highest BCUT2D eigenvalue weighted by Gasteiger charge is 2.12. The van der Waals surface area contributed by atoms with Crippen LogP contribution in [-0.4, -0.2) is 31.5 Å². The summed E-state index contributed by atoms with van der Waals surface area (Å²) in [6, 6.07) is 0. The lowest BCUT2D eigenvalue weighted by Gasteiger charge is -2.02. The van der Waals surface area contributed by atoms with E-state index in [9.17, 15) is 5.21 Å². The molecule has 0 unspecified atom stereocenters. The molecule has 7 nitrogen and oxygen atoms in total. The molecule has 0 amide bonds. The van der Waals surface area contributed by atoms with Crippen molar-refractivity contribution in [3.05, 3.63) is 6.33 Å². The van der Waals surface area contributed by atoms with Crippen LogP contribution in [0.15, 0.2) is 6.33 Å². The van der Waals surface area contributed by atoms with Crippen LogP contribution >= 0.6 is 0 Å². The minimum Gasteiger partial charge on any atom is -0.476 e. The lowest BCUT2D eigenvalue weighted by molar-refractivity contribution is 0.196. The smallest absolute Gasteiger partial charge is 0.247 e. The van der Waals surface area contributed by atoms with Gasteiger partial charge in [-0.2, -0.15) is 14.7 Å². The number of anilines is 1. The van der Waals surface area contributed by atoms with Crippen LogP contribution in [0.4, 0.5) is 5.95 Å². The number of fused-ring (bicyclic) bond motifs is 1. The van der Waals surface area contributed by atoms with Crippen molar-refractivity contribution in [1.82, 2.24) is 19.7 Å². The third-order valence-corrected chi connectivity index (χ3v) is 1.65. The van der Waals surface area contributed by atoms with Gasteiger partial charge in [0.05, 0.1) is 6.61 Å². The van der Waals surface area contributed by atoms with Gasteiger partial charge < -0.3 is 15.7 Å². The van der Waals surface area contributed by atoms with Crippen LogP contribution in [-0.2, 0) is 0 Å². The van der Waals surface area contributed by atoms with Crippen LogP contribution in [0.5, 0.6) is 5.88 Å². The summed E-state index contributed by atoms with van der Waals surface area (Å²) >= 11 is 0. The van der Waals surface area contributed by atoms with Gasteiger partial charge >= 0.3 is 0 Å². The van der Waals surface area contributed by atoms with Crippen molar-refractivity contribution >= 4 is 17.1 Å². The van der Waals surface area contributed by atoms with E-state index in [4.69, 9.17) is 10.5 Å². The minimum atomic E-state index is 0.0387. The zero-order chi connectivity index (χ0) is 10.1. The summed E-state index contributed by atoms with van der Waals surface area (Å²) in [7, 11) is 0. The van der Waals surface area contributed by atoms with E-state index in [2.05, 4.69) is 15.0 Å². The van der Waals surface area contributed by atoms with Crippen LogP contribution in [0, 0.1) is 0 Å². The van der Waals surface area contributed by atoms with Crippen molar-refractivity contribution in [2.75, 3.05) is 12.3 Å². The van der Waals surface area contributed by atoms with Crippen LogP contribution in [0.25, 0.3) is 11.2 Å². The summed E-state index contributed by atoms with van der Waals surface area (Å²) in [5.74, 6) is 0.319. The summed E-state index contributed by atoms with van der Waals surface area (Å²) in [4.78, 5) is 11.6. The van der Waals surface area contributed by atoms with Crippen molar-refractivity contribution in [2.45, 2.75) is 6.92 Å². The van der Waals surface area contributed by atoms with E-state index >= 15 is 0 Å². The fourth-order valence-corrected chi connectivity index (χ4v) is 1.12. The second kappa shape index (κ2) is 3.02. The summed E-state index contributed by atoms with van der Waals surface area (Å²) in [6.07, 6.45) is 1.21. The molecule has 74 valence electrons. The molecule has 0 saturated heterocycles. The molecule has 2 heterocycles. The molecule has 0 radical (unpaired) electrons. The Kier molecular flexibility index (Phi) is 1.84. The Morgan fingerprint density at radius 1 is 1.57 bits per heavy atom. The van der Waals surface area contributed by atoms with E-state index in [-0.39, 0.29) is 17.5 Å². The molecule has 2 rings (SSSR count). The van der Waals surface area contributed by atoms with Gasteiger partial charge in [0, 0.05) is 0 Å². The van der Waals surface area contributed by atoms with Crippen LogP contribution < -0.4 is 10.5 Å². The van der Waals surface area contributed by atoms with Gasteiger partial charge in [0.15, 0.2) is 5.52 Å². The average molecular weight is 195 g/mol. The molecular formula is C7H9N5O2. The zero-order valence-corrected chi connectivity index (χ0v) is 7.51. The number of nitrogens with zero attached hydrogens (tertiary/aromatic N) is 4. The highest BCUT2D eigenvalue weighted by Crippen LogP contribution is 2.20. The maximum absolute atomic E-state index is 9.28. The predicted octanol–water partition coefficient (Wildman–Crippen LogP) is 0.0445. The molecule has 0 aliphatic heterocycles. The van der Waals surface area contributed by atoms with Crippen molar-refractivity contribution < 1.29 is 9.94 Å². The van der Waals surface area contributed by atoms with E-state index < -0.39 is 0 Å². The number of ether oxygens (including phenoxy) is 1. The number of aromatic nitrogens is 4. The lowest BCUT2D eigenvalue weighted by Crippen LogP contribution is -2.02. The normalized spacial score (nSPS) is 10.6. The molecule has 0 fully saturated rings. The van der Waals surface area contributed by atoms with Crippen molar-refractivity contribution in [1.29, 1.82) is 0 Å². The first-order chi connectivity index (χ1) is 6.72. The molecule has 0 aliphatic carbocycles. The Hall–Kier alpha value is -2.05. The van der Waals surface area contributed by atoms with Gasteiger partial charge in [0.25, 0.3) is 0 Å². The van der Waals surface area contributed by atoms with Crippen molar-refractivity contribution in [3.8, 4) is 5.88 Å². The van der Waals surface area contributed by atoms with E-state index in [0.717, 1.165) is 4.73 Å². The van der Waals surface area contributed by atoms with E-state index in [0.29, 0.717) is 12.1 Å². The first-order valence-corrected chi connectivity index (χ1v) is 4.05. The van der Waals surface area contributed by atoms with E-state index in [1.54, 1.807) is 0 Å². The lowest BCUT2D eigenvalue weighted by atomic mass is 10.5. The Morgan fingerprint density at radius 2 is 2.36 bits per heavy atom. The third kappa shape index (κ3) is 1.18. The molecule has 7 heteroatoms. The first-order valence-electron chi connectivity index (χ1n) is 4.05. The molecule has 2 aromatic heterocycles. The van der Waals surface area contributed by atoms with Gasteiger partial charge in [-0.15, -0.1) is 0 Å². The highest BCUT2D eigenvalue weighted by atomic mass is 16.5. The standard InChI is InChI=1S/C7H9N5O2/c1-2-14-6-4-5(10-7(8)11-6)12(13)3-9-4/h3,13H,2H2,1H3,(H2,8,10,11). The first kappa shape index (κ1) is 8.54. The third-order valence-electron chi connectivity index (χ3n) is 1.65. The van der Waals surface area contributed by atoms with Gasteiger partial charge in [0.1, 0.15) is 6.33 Å². The van der Waals surface area contributed by atoms with E-state index in [1.165, 1.54) is 6.33 Å². The second-order valence-corrected chi connectivity index (χ2v) is 2.58. The van der Waals surface area contributed by atoms with Gasteiger partial charge in [-0.1, -0.05) is 0 Å². The Labute approximate surface area is 79.1 Å². The predicted molar refractivity (Wildman–Crippen MR) is 48.1 cm³/mol. The summed E-state index contributed by atoms with van der Waals surface area (Å²) < 4.78 is 5.97. The van der Waals surface area contributed by atoms with Crippen LogP contribution in [0.3, 0.4) is 0 Å². The molecule has 0 bridgehead atoms. The number of rotatable bonds is 2. The average Bonchev–Trinajstić information content (AvgIpc) is 2.49. The van der Waals surface area contributed by atoms with Gasteiger partial charge in [-0.3, -0.25) is 0 Å². The number of imidazole rings is 1. The van der Waals surface area contributed by atoms with Crippen LogP contribution in [0.1, 0.15) is 6.92 Å². The summed E-state index contributed by atoms with van der Waals surface area (Å²) in [6.45, 7) is 2.27. The molecule has 0 aromatic carbocycles. The quantitative estimate of drug-likeness (QED) is 0.656. The Morgan fingerprint density at radius 3 is 3.07 bits per heavy atom. The molecular weight excluding hydrogens is 186 g/mol. The molecule has 0 spiro atoms. The number of hydrogen-bond donors (Lipinski definition) is 2. The zero-order valence-electron chi connectivity index (χ0n) is 7.51. The summed E-state index contributed by atoms with van der Waals surface area (Å²) in [5.41, 5.74) is 6.06. The fraction of sp³-hybridized carbons (Fsp3) is 0.286. The highest BCUT2D eigenvalue weighted by molar-refractivity contribution is 5.77. The van der Waals surface area contributed by atoms with Gasteiger partial charge in [0.2, 0.25) is 17.5 Å². The maximum atomic E-state index is 9.28. The Balaban J connectivity index is 2.68. The molecule has 0 atom stereocenters. The fourth-order valence-electron chi connectivity index (χ4n) is 1.12. The molecule has 2 aromatic rings. The molecule has 0 aliphatic rings. The number of nitrogen functional groups attached to an aromatic ring is 1. The molecule has 0 saturated carbocycles. The Bertz CT molecular complexity index is 466. The SMILES string of the molecule is CCOc1nc(N)nc2c1ncn2O. The molecule has 14 heavy (non-hydrogen) atoms. The van der Waals surface area contributed by atoms with Gasteiger partial charge in [-0.05, 0) is 6.92 Å². The number of hydrogen-bond acceptors (Lipinski definition) is 6. The monoisotopic (exact) mass is 195 g/mol. The largest absolute Gasteiger partial charge is 0.476 e. The van der Waals surface area contributed by atoms with Gasteiger partial charge in [-0.25, -0.2) is 4.98 Å². The maximum Gasteiger partial charge on any atom is 0.247 e.